The maximum Gasteiger partial charge on any atom is 0.188 e. The van der Waals surface area contributed by atoms with E-state index >= 15 is 0 Å². The lowest BCUT2D eigenvalue weighted by Crippen LogP contribution is -2.35. The number of hydrogen-bond donors (Lipinski definition) is 2. The van der Waals surface area contributed by atoms with E-state index in [-0.39, 0.29) is 36.3 Å². The van der Waals surface area contributed by atoms with E-state index in [9.17, 15) is 8.42 Å². The van der Waals surface area contributed by atoms with Gasteiger partial charge >= 0.3 is 0 Å². The summed E-state index contributed by atoms with van der Waals surface area (Å²) >= 11 is 3.28. The summed E-state index contributed by atoms with van der Waals surface area (Å²) in [5.74, 6) is 0.295. The largest absolute Gasteiger partial charge is 0.370 e. The van der Waals surface area contributed by atoms with Crippen LogP contribution in [0.2, 0.25) is 0 Å². The third-order valence-electron chi connectivity index (χ3n) is 3.14. The Morgan fingerprint density at radius 3 is 2.48 bits per heavy atom. The summed E-state index contributed by atoms with van der Waals surface area (Å²) in [6.45, 7) is 3.09. The van der Waals surface area contributed by atoms with Crippen LogP contribution < -0.4 is 11.1 Å². The number of benzene rings is 1. The average Bonchev–Trinajstić information content (AvgIpc) is 2.47. The van der Waals surface area contributed by atoms with E-state index in [1.807, 2.05) is 0 Å². The highest BCUT2D eigenvalue weighted by molar-refractivity contribution is 14.0. The fraction of sp³-hybridized carbons (Fsp3) is 0.533. The van der Waals surface area contributed by atoms with Gasteiger partial charge in [-0.1, -0.05) is 42.1 Å². The molecule has 0 bridgehead atoms. The van der Waals surface area contributed by atoms with Gasteiger partial charge in [0.2, 0.25) is 0 Å². The number of rotatable bonds is 9. The molecule has 0 atom stereocenters. The zero-order valence-electron chi connectivity index (χ0n) is 13.3. The van der Waals surface area contributed by atoms with Crippen LogP contribution >= 0.6 is 39.9 Å². The van der Waals surface area contributed by atoms with Crippen molar-refractivity contribution in [3.8, 4) is 0 Å². The Kier molecular flexibility index (Phi) is 11.9. The molecular weight excluding hydrogens is 493 g/mol. The van der Waals surface area contributed by atoms with E-state index in [0.717, 1.165) is 17.3 Å². The van der Waals surface area contributed by atoms with Gasteiger partial charge in [0.1, 0.15) is 0 Å². The van der Waals surface area contributed by atoms with Crippen molar-refractivity contribution in [2.45, 2.75) is 37.5 Å². The van der Waals surface area contributed by atoms with Crippen LogP contribution in [0.1, 0.15) is 32.6 Å². The van der Waals surface area contributed by atoms with Crippen molar-refractivity contribution in [2.24, 2.45) is 10.7 Å². The first-order valence-electron chi connectivity index (χ1n) is 7.48. The smallest absolute Gasteiger partial charge is 0.188 e. The van der Waals surface area contributed by atoms with Crippen molar-refractivity contribution in [1.29, 1.82) is 0 Å². The average molecular weight is 518 g/mol. The minimum atomic E-state index is -3.30. The maximum absolute atomic E-state index is 12.1. The predicted molar refractivity (Wildman–Crippen MR) is 110 cm³/mol. The Labute approximate surface area is 164 Å². The van der Waals surface area contributed by atoms with Crippen molar-refractivity contribution < 1.29 is 8.42 Å². The van der Waals surface area contributed by atoms with Crippen LogP contribution in [0.25, 0.3) is 0 Å². The molecule has 5 nitrogen and oxygen atoms in total. The summed E-state index contributed by atoms with van der Waals surface area (Å²) in [4.78, 5) is 4.49. The molecule has 132 valence electrons. The minimum absolute atomic E-state index is 0. The molecule has 0 fully saturated rings. The third-order valence-corrected chi connectivity index (χ3v) is 5.40. The van der Waals surface area contributed by atoms with Crippen LogP contribution in [0.15, 0.2) is 38.6 Å². The Bertz CT molecular complexity index is 577. The third kappa shape index (κ3) is 9.51. The van der Waals surface area contributed by atoms with E-state index in [0.29, 0.717) is 17.4 Å². The first-order valence-corrected chi connectivity index (χ1v) is 9.92. The molecule has 0 aliphatic carbocycles. The summed E-state index contributed by atoms with van der Waals surface area (Å²) in [6.07, 6.45) is 4.54. The molecule has 1 rings (SSSR count). The quantitative estimate of drug-likeness (QED) is 0.228. The summed E-state index contributed by atoms with van der Waals surface area (Å²) < 4.78 is 25.1. The molecule has 0 spiro atoms. The van der Waals surface area contributed by atoms with Gasteiger partial charge in [-0.25, -0.2) is 8.42 Å². The highest BCUT2D eigenvalue weighted by Gasteiger charge is 2.13. The van der Waals surface area contributed by atoms with Gasteiger partial charge in [-0.2, -0.15) is 0 Å². The van der Waals surface area contributed by atoms with Crippen LogP contribution in [-0.2, 0) is 9.84 Å². The Morgan fingerprint density at radius 2 is 1.87 bits per heavy atom. The second-order valence-electron chi connectivity index (χ2n) is 5.03. The number of hydrogen-bond acceptors (Lipinski definition) is 3. The molecule has 0 amide bonds. The van der Waals surface area contributed by atoms with Gasteiger partial charge in [0.15, 0.2) is 15.8 Å². The van der Waals surface area contributed by atoms with Gasteiger partial charge in [-0.05, 0) is 30.7 Å². The van der Waals surface area contributed by atoms with Crippen molar-refractivity contribution >= 4 is 55.7 Å². The van der Waals surface area contributed by atoms with Gasteiger partial charge in [-0.3, -0.25) is 4.99 Å². The summed E-state index contributed by atoms with van der Waals surface area (Å²) in [5, 5.41) is 2.85. The zero-order valence-corrected chi connectivity index (χ0v) is 18.0. The van der Waals surface area contributed by atoms with Crippen LogP contribution in [0.4, 0.5) is 0 Å². The molecule has 0 radical (unpaired) electrons. The second kappa shape index (κ2) is 12.1. The van der Waals surface area contributed by atoms with Crippen LogP contribution in [0.3, 0.4) is 0 Å². The fourth-order valence-electron chi connectivity index (χ4n) is 1.87. The van der Waals surface area contributed by atoms with E-state index in [1.54, 1.807) is 24.3 Å². The standard InChI is InChI=1S/C15H24BrN3O2S.HI/c1-2-3-4-5-10-18-15(17)19-11-12-22(20,21)14-8-6-13(16)7-9-14;/h6-9H,2-5,10-12H2,1H3,(H3,17,18,19);1H. The number of nitrogens with zero attached hydrogens (tertiary/aromatic N) is 1. The van der Waals surface area contributed by atoms with Gasteiger partial charge in [0.25, 0.3) is 0 Å². The maximum atomic E-state index is 12.1. The first kappa shape index (κ1) is 22.6. The lowest BCUT2D eigenvalue weighted by atomic mass is 10.2. The summed E-state index contributed by atoms with van der Waals surface area (Å²) in [7, 11) is -3.30. The van der Waals surface area contributed by atoms with Crippen molar-refractivity contribution in [1.82, 2.24) is 5.32 Å². The van der Waals surface area contributed by atoms with Gasteiger partial charge < -0.3 is 11.1 Å². The molecule has 0 aromatic heterocycles. The summed E-state index contributed by atoms with van der Waals surface area (Å²) in [5.41, 5.74) is 5.71. The van der Waals surface area contributed by atoms with Crippen molar-refractivity contribution in [3.63, 3.8) is 0 Å². The Hall–Kier alpha value is -0.350. The first-order chi connectivity index (χ1) is 10.5. The topological polar surface area (TPSA) is 84.5 Å². The molecule has 0 heterocycles. The highest BCUT2D eigenvalue weighted by atomic mass is 127. The van der Waals surface area contributed by atoms with Crippen LogP contribution in [0.5, 0.6) is 0 Å². The second-order valence-corrected chi connectivity index (χ2v) is 8.05. The minimum Gasteiger partial charge on any atom is -0.370 e. The highest BCUT2D eigenvalue weighted by Crippen LogP contribution is 2.15. The monoisotopic (exact) mass is 517 g/mol. The molecule has 1 aromatic rings. The SMILES string of the molecule is CCCCCCN=C(N)NCCS(=O)(=O)c1ccc(Br)cc1.I. The van der Waals surface area contributed by atoms with E-state index < -0.39 is 9.84 Å². The molecule has 0 saturated carbocycles. The molecule has 0 saturated heterocycles. The molecule has 8 heteroatoms. The molecule has 1 aromatic carbocycles. The molecule has 23 heavy (non-hydrogen) atoms. The van der Waals surface area contributed by atoms with Gasteiger partial charge in [-0.15, -0.1) is 24.0 Å². The van der Waals surface area contributed by atoms with Gasteiger partial charge in [0, 0.05) is 17.6 Å². The molecular formula is C15H25BrIN3O2S. The number of nitrogens with one attached hydrogen (secondary N) is 1. The number of nitrogens with two attached hydrogens (primary N) is 1. The number of guanidine groups is 1. The molecule has 3 N–H and O–H groups in total. The number of aliphatic imine (C=N–C) groups is 1. The van der Waals surface area contributed by atoms with Gasteiger partial charge in [0.05, 0.1) is 10.6 Å². The van der Waals surface area contributed by atoms with Crippen LogP contribution in [0, 0.1) is 0 Å². The predicted octanol–water partition coefficient (Wildman–Crippen LogP) is 3.33. The van der Waals surface area contributed by atoms with E-state index in [4.69, 9.17) is 5.73 Å². The van der Waals surface area contributed by atoms with E-state index in [2.05, 4.69) is 33.2 Å². The number of halogens is 2. The number of sulfone groups is 1. The van der Waals surface area contributed by atoms with Crippen molar-refractivity contribution in [3.05, 3.63) is 28.7 Å². The number of unbranched alkanes of at least 4 members (excludes halogenated alkanes) is 3. The lowest BCUT2D eigenvalue weighted by molar-refractivity contribution is 0.594. The van der Waals surface area contributed by atoms with Crippen LogP contribution in [-0.4, -0.2) is 33.2 Å². The zero-order chi connectivity index (χ0) is 16.4. The molecule has 0 aliphatic heterocycles. The molecule has 0 unspecified atom stereocenters. The van der Waals surface area contributed by atoms with Crippen molar-refractivity contribution in [2.75, 3.05) is 18.8 Å². The Balaban J connectivity index is 0.00000484. The Morgan fingerprint density at radius 1 is 1.22 bits per heavy atom. The summed E-state index contributed by atoms with van der Waals surface area (Å²) in [6, 6.07) is 6.61. The molecule has 0 aliphatic rings. The normalized spacial score (nSPS) is 11.8. The van der Waals surface area contributed by atoms with E-state index in [1.165, 1.54) is 12.8 Å². The lowest BCUT2D eigenvalue weighted by Gasteiger charge is -2.07. The fourth-order valence-corrected chi connectivity index (χ4v) is 3.29.